The Morgan fingerprint density at radius 1 is 1.45 bits per heavy atom. The van der Waals surface area contributed by atoms with E-state index in [4.69, 9.17) is 16.1 Å². The van der Waals surface area contributed by atoms with Crippen molar-refractivity contribution in [3.63, 3.8) is 0 Å². The summed E-state index contributed by atoms with van der Waals surface area (Å²) in [5, 5.41) is 14.2. The highest BCUT2D eigenvalue weighted by Crippen LogP contribution is 2.27. The molecule has 116 valence electrons. The number of benzene rings is 1. The number of aliphatic hydroxyl groups is 1. The Kier molecular flexibility index (Phi) is 4.18. The first-order valence-electron chi connectivity index (χ1n) is 7.24. The highest BCUT2D eigenvalue weighted by Gasteiger charge is 2.31. The van der Waals surface area contributed by atoms with E-state index in [9.17, 15) is 9.90 Å². The molecule has 2 atom stereocenters. The Hall–Kier alpha value is -1.85. The third-order valence-electron chi connectivity index (χ3n) is 4.11. The minimum atomic E-state index is -0.406. The number of amides is 1. The van der Waals surface area contributed by atoms with E-state index in [1.807, 2.05) is 0 Å². The van der Waals surface area contributed by atoms with Crippen molar-refractivity contribution in [2.24, 2.45) is 5.92 Å². The molecule has 0 spiro atoms. The number of hydrogen-bond acceptors (Lipinski definition) is 4. The van der Waals surface area contributed by atoms with Crippen molar-refractivity contribution >= 4 is 17.5 Å². The van der Waals surface area contributed by atoms with Crippen LogP contribution in [0.3, 0.4) is 0 Å². The Bertz CT molecular complexity index is 666. The fourth-order valence-electron chi connectivity index (χ4n) is 2.74. The van der Waals surface area contributed by atoms with E-state index < -0.39 is 6.10 Å². The zero-order valence-electron chi connectivity index (χ0n) is 12.2. The van der Waals surface area contributed by atoms with E-state index in [0.29, 0.717) is 29.4 Å². The summed E-state index contributed by atoms with van der Waals surface area (Å²) >= 11 is 5.88. The third-order valence-corrected chi connectivity index (χ3v) is 4.36. The molecular weight excluding hydrogens is 304 g/mol. The molecule has 2 unspecified atom stereocenters. The smallest absolute Gasteiger partial charge is 0.259 e. The lowest BCUT2D eigenvalue weighted by molar-refractivity contribution is 0.0762. The van der Waals surface area contributed by atoms with Crippen LogP contribution in [-0.4, -0.2) is 40.3 Å². The van der Waals surface area contributed by atoms with E-state index in [2.05, 4.69) is 5.16 Å². The number of carbonyl (C=O) groups is 1. The number of halogens is 1. The van der Waals surface area contributed by atoms with Crippen molar-refractivity contribution in [2.75, 3.05) is 13.1 Å². The van der Waals surface area contributed by atoms with Crippen molar-refractivity contribution < 1.29 is 14.4 Å². The molecule has 1 aliphatic heterocycles. The van der Waals surface area contributed by atoms with Crippen molar-refractivity contribution in [2.45, 2.75) is 19.4 Å². The SMILES string of the molecule is CC(O)C1CCN(C(=O)c2conc2-c2ccc(Cl)cc2)C1. The van der Waals surface area contributed by atoms with E-state index in [-0.39, 0.29) is 11.8 Å². The van der Waals surface area contributed by atoms with E-state index in [0.717, 1.165) is 12.0 Å². The minimum Gasteiger partial charge on any atom is -0.393 e. The summed E-state index contributed by atoms with van der Waals surface area (Å²) in [5.74, 6) is 0.0112. The van der Waals surface area contributed by atoms with Crippen LogP contribution in [0.1, 0.15) is 23.7 Å². The molecule has 22 heavy (non-hydrogen) atoms. The van der Waals surface area contributed by atoms with Crippen LogP contribution < -0.4 is 0 Å². The van der Waals surface area contributed by atoms with Gasteiger partial charge in [0.2, 0.25) is 0 Å². The van der Waals surface area contributed by atoms with E-state index in [1.165, 1.54) is 6.26 Å². The molecule has 1 aromatic carbocycles. The summed E-state index contributed by atoms with van der Waals surface area (Å²) in [7, 11) is 0. The van der Waals surface area contributed by atoms with Gasteiger partial charge in [-0.3, -0.25) is 4.79 Å². The van der Waals surface area contributed by atoms with Gasteiger partial charge in [0.1, 0.15) is 17.5 Å². The molecule has 1 N–H and O–H groups in total. The molecule has 1 aliphatic rings. The normalized spacial score (nSPS) is 19.4. The van der Waals surface area contributed by atoms with Gasteiger partial charge in [-0.15, -0.1) is 0 Å². The number of aliphatic hydroxyl groups excluding tert-OH is 1. The highest BCUT2D eigenvalue weighted by atomic mass is 35.5. The molecule has 5 nitrogen and oxygen atoms in total. The molecule has 0 aliphatic carbocycles. The van der Waals surface area contributed by atoms with Gasteiger partial charge in [0.25, 0.3) is 5.91 Å². The summed E-state index contributed by atoms with van der Waals surface area (Å²) in [5.41, 5.74) is 1.74. The van der Waals surface area contributed by atoms with E-state index in [1.54, 1.807) is 36.1 Å². The zero-order chi connectivity index (χ0) is 15.7. The summed E-state index contributed by atoms with van der Waals surface area (Å²) in [4.78, 5) is 14.4. The van der Waals surface area contributed by atoms with Gasteiger partial charge in [-0.1, -0.05) is 28.9 Å². The molecule has 3 rings (SSSR count). The van der Waals surface area contributed by atoms with Gasteiger partial charge in [0, 0.05) is 29.6 Å². The zero-order valence-corrected chi connectivity index (χ0v) is 13.0. The molecule has 1 saturated heterocycles. The van der Waals surface area contributed by atoms with Crippen molar-refractivity contribution in [1.29, 1.82) is 0 Å². The Labute approximate surface area is 133 Å². The molecule has 0 radical (unpaired) electrons. The summed E-state index contributed by atoms with van der Waals surface area (Å²) < 4.78 is 5.01. The second-order valence-electron chi connectivity index (χ2n) is 5.62. The fraction of sp³-hybridized carbons (Fsp3) is 0.375. The van der Waals surface area contributed by atoms with Crippen LogP contribution in [0.2, 0.25) is 5.02 Å². The molecule has 1 aromatic heterocycles. The Morgan fingerprint density at radius 3 is 2.82 bits per heavy atom. The second kappa shape index (κ2) is 6.10. The number of rotatable bonds is 3. The predicted octanol–water partition coefficient (Wildman–Crippen LogP) is 2.84. The Morgan fingerprint density at radius 2 is 2.18 bits per heavy atom. The maximum absolute atomic E-state index is 12.7. The average Bonchev–Trinajstić information content (AvgIpc) is 3.17. The van der Waals surface area contributed by atoms with Crippen molar-refractivity contribution in [3.05, 3.63) is 41.1 Å². The monoisotopic (exact) mass is 320 g/mol. The topological polar surface area (TPSA) is 66.6 Å². The lowest BCUT2D eigenvalue weighted by Gasteiger charge is -2.17. The first-order valence-corrected chi connectivity index (χ1v) is 7.61. The summed E-state index contributed by atoms with van der Waals surface area (Å²) in [6.07, 6.45) is 1.78. The van der Waals surface area contributed by atoms with Crippen LogP contribution >= 0.6 is 11.6 Å². The van der Waals surface area contributed by atoms with Gasteiger partial charge in [0.05, 0.1) is 6.10 Å². The van der Waals surface area contributed by atoms with Crippen molar-refractivity contribution in [1.82, 2.24) is 10.1 Å². The quantitative estimate of drug-likeness (QED) is 0.944. The van der Waals surface area contributed by atoms with Crippen LogP contribution in [0.4, 0.5) is 0 Å². The molecule has 1 fully saturated rings. The number of likely N-dealkylation sites (tertiary alicyclic amines) is 1. The molecular formula is C16H17ClN2O3. The fourth-order valence-corrected chi connectivity index (χ4v) is 2.87. The Balaban J connectivity index is 1.83. The first kappa shape index (κ1) is 15.1. The van der Waals surface area contributed by atoms with Gasteiger partial charge in [-0.05, 0) is 25.5 Å². The van der Waals surface area contributed by atoms with Crippen LogP contribution in [-0.2, 0) is 0 Å². The maximum atomic E-state index is 12.7. The summed E-state index contributed by atoms with van der Waals surface area (Å²) in [6, 6.07) is 7.11. The maximum Gasteiger partial charge on any atom is 0.259 e. The van der Waals surface area contributed by atoms with Gasteiger partial charge in [-0.25, -0.2) is 0 Å². The minimum absolute atomic E-state index is 0.116. The largest absolute Gasteiger partial charge is 0.393 e. The van der Waals surface area contributed by atoms with Gasteiger partial charge in [0.15, 0.2) is 0 Å². The van der Waals surface area contributed by atoms with Crippen LogP contribution in [0.5, 0.6) is 0 Å². The molecule has 2 aromatic rings. The van der Waals surface area contributed by atoms with Gasteiger partial charge < -0.3 is 14.5 Å². The van der Waals surface area contributed by atoms with E-state index >= 15 is 0 Å². The number of aromatic nitrogens is 1. The lowest BCUT2D eigenvalue weighted by Crippen LogP contribution is -2.30. The van der Waals surface area contributed by atoms with Gasteiger partial charge >= 0.3 is 0 Å². The molecule has 1 amide bonds. The highest BCUT2D eigenvalue weighted by molar-refractivity contribution is 6.30. The lowest BCUT2D eigenvalue weighted by atomic mass is 10.0. The van der Waals surface area contributed by atoms with Crippen LogP contribution in [0.25, 0.3) is 11.3 Å². The van der Waals surface area contributed by atoms with Gasteiger partial charge in [-0.2, -0.15) is 0 Å². The predicted molar refractivity (Wildman–Crippen MR) is 82.6 cm³/mol. The van der Waals surface area contributed by atoms with Crippen molar-refractivity contribution in [3.8, 4) is 11.3 Å². The standard InChI is InChI=1S/C16H17ClN2O3/c1-10(20)12-6-7-19(8-12)16(21)14-9-22-18-15(14)11-2-4-13(17)5-3-11/h2-5,9-10,12,20H,6-8H2,1H3. The average molecular weight is 321 g/mol. The molecule has 0 saturated carbocycles. The van der Waals surface area contributed by atoms with Crippen LogP contribution in [0.15, 0.2) is 35.1 Å². The number of carbonyl (C=O) groups excluding carboxylic acids is 1. The number of nitrogens with zero attached hydrogens (tertiary/aromatic N) is 2. The summed E-state index contributed by atoms with van der Waals surface area (Å²) in [6.45, 7) is 2.96. The second-order valence-corrected chi connectivity index (χ2v) is 6.06. The molecule has 6 heteroatoms. The molecule has 0 bridgehead atoms. The van der Waals surface area contributed by atoms with Crippen LogP contribution in [0, 0.1) is 5.92 Å². The number of hydrogen-bond donors (Lipinski definition) is 1. The molecule has 2 heterocycles. The first-order chi connectivity index (χ1) is 10.6. The third kappa shape index (κ3) is 2.87.